The lowest BCUT2D eigenvalue weighted by molar-refractivity contribution is -0.130. The summed E-state index contributed by atoms with van der Waals surface area (Å²) in [7, 11) is 8.26. The predicted molar refractivity (Wildman–Crippen MR) is 136 cm³/mol. The SMILES string of the molecule is [B]/C(C=C)=C1\NC(c2ccccc2Cl)=CC(=NCCCN(C)C2CCN(C(C)=O)CC2)N1N. The summed E-state index contributed by atoms with van der Waals surface area (Å²) in [4.78, 5) is 20.6. The van der Waals surface area contributed by atoms with E-state index in [4.69, 9.17) is 30.3 Å². The van der Waals surface area contributed by atoms with Gasteiger partial charge in [-0.05, 0) is 38.9 Å². The molecule has 1 fully saturated rings. The molecule has 0 saturated carbocycles. The van der Waals surface area contributed by atoms with E-state index in [0.29, 0.717) is 34.7 Å². The van der Waals surface area contributed by atoms with Gasteiger partial charge in [-0.2, -0.15) is 0 Å². The van der Waals surface area contributed by atoms with E-state index in [-0.39, 0.29) is 5.91 Å². The van der Waals surface area contributed by atoms with Gasteiger partial charge in [-0.3, -0.25) is 9.79 Å². The zero-order valence-electron chi connectivity index (χ0n) is 19.4. The fraction of sp³-hybridized carbons (Fsp3) is 0.417. The Morgan fingerprint density at radius 3 is 2.73 bits per heavy atom. The molecule has 2 aliphatic rings. The van der Waals surface area contributed by atoms with Crippen LogP contribution in [0.1, 0.15) is 31.7 Å². The first-order chi connectivity index (χ1) is 15.8. The highest BCUT2D eigenvalue weighted by Crippen LogP contribution is 2.26. The maximum Gasteiger partial charge on any atom is 0.219 e. The van der Waals surface area contributed by atoms with Crippen LogP contribution in [0.5, 0.6) is 0 Å². The number of hydrazine groups is 1. The molecule has 7 nitrogen and oxygen atoms in total. The van der Waals surface area contributed by atoms with Crippen molar-refractivity contribution in [1.82, 2.24) is 20.1 Å². The van der Waals surface area contributed by atoms with Crippen LogP contribution in [0.2, 0.25) is 5.02 Å². The van der Waals surface area contributed by atoms with Gasteiger partial charge in [0.15, 0.2) is 0 Å². The summed E-state index contributed by atoms with van der Waals surface area (Å²) >= 11 is 6.40. The van der Waals surface area contributed by atoms with Crippen molar-refractivity contribution in [3.63, 3.8) is 0 Å². The van der Waals surface area contributed by atoms with Gasteiger partial charge in [0.2, 0.25) is 5.91 Å². The minimum absolute atomic E-state index is 0.162. The van der Waals surface area contributed by atoms with Crippen molar-refractivity contribution in [2.45, 2.75) is 32.2 Å². The average Bonchev–Trinajstić information content (AvgIpc) is 2.82. The number of piperidine rings is 1. The van der Waals surface area contributed by atoms with Crippen LogP contribution in [0.25, 0.3) is 5.70 Å². The molecule has 0 bridgehead atoms. The van der Waals surface area contributed by atoms with Crippen molar-refractivity contribution < 1.29 is 4.79 Å². The highest BCUT2D eigenvalue weighted by atomic mass is 35.5. The zero-order chi connectivity index (χ0) is 24.0. The van der Waals surface area contributed by atoms with Crippen molar-refractivity contribution >= 4 is 36.9 Å². The lowest BCUT2D eigenvalue weighted by Gasteiger charge is -2.36. The highest BCUT2D eigenvalue weighted by molar-refractivity contribution is 6.32. The Morgan fingerprint density at radius 2 is 2.09 bits per heavy atom. The van der Waals surface area contributed by atoms with Crippen molar-refractivity contribution in [3.05, 3.63) is 64.9 Å². The van der Waals surface area contributed by atoms with Crippen LogP contribution in [-0.4, -0.2) is 73.7 Å². The number of nitrogens with two attached hydrogens (primary N) is 1. The van der Waals surface area contributed by atoms with E-state index in [9.17, 15) is 4.79 Å². The molecule has 0 aliphatic carbocycles. The van der Waals surface area contributed by atoms with Crippen LogP contribution in [-0.2, 0) is 4.79 Å². The van der Waals surface area contributed by atoms with Crippen molar-refractivity contribution in [3.8, 4) is 0 Å². The van der Waals surface area contributed by atoms with Gasteiger partial charge in [0.05, 0.1) is 5.70 Å². The van der Waals surface area contributed by atoms with Crippen LogP contribution in [0.15, 0.2) is 59.3 Å². The lowest BCUT2D eigenvalue weighted by atomic mass is 9.94. The molecule has 2 heterocycles. The monoisotopic (exact) mass is 466 g/mol. The average molecular weight is 467 g/mol. The van der Waals surface area contributed by atoms with Crippen LogP contribution in [0.3, 0.4) is 0 Å². The Bertz CT molecular complexity index is 967. The van der Waals surface area contributed by atoms with Gasteiger partial charge in [0.25, 0.3) is 0 Å². The summed E-state index contributed by atoms with van der Waals surface area (Å²) < 4.78 is 0. The number of benzene rings is 1. The largest absolute Gasteiger partial charge is 0.343 e. The van der Waals surface area contributed by atoms with Crippen molar-refractivity contribution in [1.29, 1.82) is 0 Å². The number of nitrogens with zero attached hydrogens (tertiary/aromatic N) is 4. The van der Waals surface area contributed by atoms with Gasteiger partial charge in [0, 0.05) is 49.3 Å². The molecular formula is C24H32BClN6O. The number of amidine groups is 1. The van der Waals surface area contributed by atoms with Crippen LogP contribution in [0.4, 0.5) is 0 Å². The fourth-order valence-corrected chi connectivity index (χ4v) is 4.35. The van der Waals surface area contributed by atoms with E-state index in [0.717, 1.165) is 50.2 Å². The molecule has 1 amide bonds. The quantitative estimate of drug-likeness (QED) is 0.367. The molecule has 0 aromatic heterocycles. The Labute approximate surface area is 203 Å². The summed E-state index contributed by atoms with van der Waals surface area (Å²) in [5.74, 6) is 7.58. The molecule has 1 aromatic carbocycles. The number of amides is 1. The number of halogens is 1. The molecule has 0 unspecified atom stereocenters. The maximum atomic E-state index is 11.5. The Hall–Kier alpha value is -2.55. The number of nitrogens with one attached hydrogen (secondary N) is 1. The van der Waals surface area contributed by atoms with Crippen LogP contribution < -0.4 is 11.2 Å². The molecule has 33 heavy (non-hydrogen) atoms. The number of aliphatic imine (C=N–C) groups is 1. The molecule has 3 rings (SSSR count). The lowest BCUT2D eigenvalue weighted by Crippen LogP contribution is -2.45. The first-order valence-electron chi connectivity index (χ1n) is 11.2. The zero-order valence-corrected chi connectivity index (χ0v) is 20.2. The molecule has 3 N–H and O–H groups in total. The van der Waals surface area contributed by atoms with E-state index < -0.39 is 0 Å². The number of hydrogen-bond acceptors (Lipinski definition) is 5. The molecule has 1 saturated heterocycles. The second-order valence-corrected chi connectivity index (χ2v) is 8.76. The van der Waals surface area contributed by atoms with Crippen LogP contribution >= 0.6 is 11.6 Å². The summed E-state index contributed by atoms with van der Waals surface area (Å²) in [6.45, 7) is 8.58. The van der Waals surface area contributed by atoms with Gasteiger partial charge in [-0.15, -0.1) is 0 Å². The third-order valence-electron chi connectivity index (χ3n) is 6.15. The standard InChI is InChI=1S/C24H32BClN6O/c1-4-20(25)24-29-22(19-8-5-6-9-21(19)26)16-23(32(24)27)28-12-7-13-30(3)18-10-14-31(15-11-18)17(2)33/h4-6,8-9,16,18,29H,1,7,10-15,27H2,2-3H3/b24-20+,28-23?. The number of allylic oxidation sites excluding steroid dienone is 2. The number of carbonyl (C=O) groups is 1. The second kappa shape index (κ2) is 11.5. The molecule has 0 atom stereocenters. The molecule has 2 radical (unpaired) electrons. The second-order valence-electron chi connectivity index (χ2n) is 8.35. The molecule has 2 aliphatic heterocycles. The first kappa shape index (κ1) is 25.1. The van der Waals surface area contributed by atoms with E-state index in [1.54, 1.807) is 13.0 Å². The molecule has 0 spiro atoms. The summed E-state index contributed by atoms with van der Waals surface area (Å²) in [6.07, 6.45) is 6.32. The smallest absolute Gasteiger partial charge is 0.219 e. The highest BCUT2D eigenvalue weighted by Gasteiger charge is 2.24. The van der Waals surface area contributed by atoms with Gasteiger partial charge in [-0.25, -0.2) is 10.9 Å². The van der Waals surface area contributed by atoms with E-state index >= 15 is 0 Å². The number of likely N-dealkylation sites (tertiary alicyclic amines) is 1. The number of rotatable bonds is 7. The fourth-order valence-electron chi connectivity index (χ4n) is 4.11. The van der Waals surface area contributed by atoms with Crippen LogP contribution in [0, 0.1) is 0 Å². The molecule has 9 heteroatoms. The first-order valence-corrected chi connectivity index (χ1v) is 11.6. The van der Waals surface area contributed by atoms with Gasteiger partial charge >= 0.3 is 0 Å². The number of hydrogen-bond donors (Lipinski definition) is 2. The van der Waals surface area contributed by atoms with Gasteiger partial charge < -0.3 is 15.1 Å². The Kier molecular flexibility index (Phi) is 8.77. The topological polar surface area (TPSA) is 77.2 Å². The third kappa shape index (κ3) is 6.28. The number of carbonyl (C=O) groups excluding carboxylic acids is 1. The van der Waals surface area contributed by atoms with Gasteiger partial charge in [0.1, 0.15) is 19.5 Å². The minimum Gasteiger partial charge on any atom is -0.343 e. The summed E-state index contributed by atoms with van der Waals surface area (Å²) in [6, 6.07) is 8.06. The van der Waals surface area contributed by atoms with E-state index in [1.807, 2.05) is 35.2 Å². The van der Waals surface area contributed by atoms with Gasteiger partial charge in [-0.1, -0.05) is 47.9 Å². The van der Waals surface area contributed by atoms with Crippen molar-refractivity contribution in [2.75, 3.05) is 33.2 Å². The third-order valence-corrected chi connectivity index (χ3v) is 6.48. The summed E-state index contributed by atoms with van der Waals surface area (Å²) in [5, 5.41) is 5.31. The minimum atomic E-state index is 0.162. The molecular weight excluding hydrogens is 435 g/mol. The maximum absolute atomic E-state index is 11.5. The van der Waals surface area contributed by atoms with Crippen molar-refractivity contribution in [2.24, 2.45) is 10.8 Å². The Balaban J connectivity index is 1.66. The molecule has 174 valence electrons. The summed E-state index contributed by atoms with van der Waals surface area (Å²) in [5.41, 5.74) is 2.03. The Morgan fingerprint density at radius 1 is 1.39 bits per heavy atom. The predicted octanol–water partition coefficient (Wildman–Crippen LogP) is 2.71. The van der Waals surface area contributed by atoms with E-state index in [2.05, 4.69) is 23.8 Å². The normalized spacial score (nSPS) is 20.0. The van der Waals surface area contributed by atoms with E-state index in [1.165, 1.54) is 5.01 Å². The molecule has 1 aromatic rings.